The number of halogens is 2. The molecule has 0 fully saturated rings. The summed E-state index contributed by atoms with van der Waals surface area (Å²) in [5, 5.41) is 7.86. The second-order valence-electron chi connectivity index (χ2n) is 3.64. The van der Waals surface area contributed by atoms with Gasteiger partial charge in [-0.25, -0.2) is 8.78 Å². The minimum absolute atomic E-state index is 0.0882. The molecule has 0 aliphatic heterocycles. The van der Waals surface area contributed by atoms with Crippen molar-refractivity contribution in [3.8, 4) is 11.4 Å². The van der Waals surface area contributed by atoms with E-state index in [0.717, 1.165) is 13.0 Å². The first-order valence-electron chi connectivity index (χ1n) is 5.35. The van der Waals surface area contributed by atoms with Crippen LogP contribution >= 0.6 is 0 Å². The van der Waals surface area contributed by atoms with E-state index < -0.39 is 6.43 Å². The molecule has 0 amide bonds. The first-order valence-corrected chi connectivity index (χ1v) is 5.35. The number of rotatable bonds is 4. The quantitative estimate of drug-likeness (QED) is 0.822. The van der Waals surface area contributed by atoms with Gasteiger partial charge in [0, 0.05) is 18.3 Å². The Morgan fingerprint density at radius 1 is 1.29 bits per heavy atom. The van der Waals surface area contributed by atoms with Crippen molar-refractivity contribution < 1.29 is 8.78 Å². The second kappa shape index (κ2) is 4.99. The van der Waals surface area contributed by atoms with E-state index >= 15 is 0 Å². The van der Waals surface area contributed by atoms with Crippen LogP contribution in [0, 0.1) is 0 Å². The van der Waals surface area contributed by atoms with E-state index in [4.69, 9.17) is 0 Å². The summed E-state index contributed by atoms with van der Waals surface area (Å²) in [6.07, 6.45) is 1.39. The van der Waals surface area contributed by atoms with Crippen LogP contribution in [-0.4, -0.2) is 20.0 Å². The van der Waals surface area contributed by atoms with Crippen molar-refractivity contribution in [2.75, 3.05) is 0 Å². The number of nitrogens with zero attached hydrogens (tertiary/aromatic N) is 4. The fraction of sp³-hybridized carbons (Fsp3) is 0.364. The number of aromatic nitrogens is 4. The van der Waals surface area contributed by atoms with Crippen LogP contribution in [0.1, 0.15) is 25.3 Å². The van der Waals surface area contributed by atoms with Gasteiger partial charge in [0.1, 0.15) is 5.69 Å². The third-order valence-electron chi connectivity index (χ3n) is 2.29. The molecule has 2 rings (SSSR count). The minimum Gasteiger partial charge on any atom is -0.254 e. The molecule has 2 aromatic heterocycles. The van der Waals surface area contributed by atoms with Gasteiger partial charge in [0.25, 0.3) is 6.43 Å². The normalized spacial score (nSPS) is 11.1. The molecule has 2 heterocycles. The monoisotopic (exact) mass is 238 g/mol. The lowest BCUT2D eigenvalue weighted by atomic mass is 10.2. The zero-order valence-electron chi connectivity index (χ0n) is 9.35. The Kier molecular flexibility index (Phi) is 3.41. The molecule has 0 aliphatic rings. The summed E-state index contributed by atoms with van der Waals surface area (Å²) >= 11 is 0. The van der Waals surface area contributed by atoms with Gasteiger partial charge in [-0.05, 0) is 18.6 Å². The molecule has 6 heteroatoms. The Morgan fingerprint density at radius 3 is 2.71 bits per heavy atom. The molecule has 0 saturated heterocycles. The maximum Gasteiger partial charge on any atom is 0.265 e. The Balaban J connectivity index is 2.21. The molecule has 0 radical (unpaired) electrons. The molecule has 0 saturated carbocycles. The second-order valence-corrected chi connectivity index (χ2v) is 3.64. The van der Waals surface area contributed by atoms with Gasteiger partial charge >= 0.3 is 0 Å². The summed E-state index contributed by atoms with van der Waals surface area (Å²) < 4.78 is 26.4. The number of aryl methyl sites for hydroxylation is 1. The fourth-order valence-electron chi connectivity index (χ4n) is 1.44. The summed E-state index contributed by atoms with van der Waals surface area (Å²) in [5.74, 6) is 0. The topological polar surface area (TPSA) is 43.6 Å². The maximum absolute atomic E-state index is 12.3. The average Bonchev–Trinajstić information content (AvgIpc) is 2.78. The van der Waals surface area contributed by atoms with Crippen molar-refractivity contribution in [3.05, 3.63) is 30.1 Å². The van der Waals surface area contributed by atoms with Gasteiger partial charge in [0.2, 0.25) is 0 Å². The number of hydrogen-bond acceptors (Lipinski definition) is 3. The summed E-state index contributed by atoms with van der Waals surface area (Å²) in [5.41, 5.74) is 1.06. The van der Waals surface area contributed by atoms with Gasteiger partial charge in [-0.15, -0.1) is 5.10 Å². The lowest BCUT2D eigenvalue weighted by molar-refractivity contribution is 0.151. The smallest absolute Gasteiger partial charge is 0.254 e. The summed E-state index contributed by atoms with van der Waals surface area (Å²) in [4.78, 5) is 3.95. The average molecular weight is 238 g/mol. The van der Waals surface area contributed by atoms with Gasteiger partial charge < -0.3 is 0 Å². The Bertz CT molecular complexity index is 478. The first kappa shape index (κ1) is 11.6. The van der Waals surface area contributed by atoms with Crippen LogP contribution in [0.5, 0.6) is 0 Å². The fourth-order valence-corrected chi connectivity index (χ4v) is 1.44. The first-order chi connectivity index (χ1) is 8.20. The highest BCUT2D eigenvalue weighted by atomic mass is 19.3. The lowest BCUT2D eigenvalue weighted by Gasteiger charge is -1.99. The summed E-state index contributed by atoms with van der Waals surface area (Å²) in [6.45, 7) is 2.82. The highest BCUT2D eigenvalue weighted by Gasteiger charge is 2.09. The third-order valence-corrected chi connectivity index (χ3v) is 2.29. The van der Waals surface area contributed by atoms with Crippen molar-refractivity contribution in [3.63, 3.8) is 0 Å². The maximum atomic E-state index is 12.3. The van der Waals surface area contributed by atoms with Gasteiger partial charge in [0.15, 0.2) is 0 Å². The molecule has 0 aliphatic carbocycles. The molecule has 90 valence electrons. The van der Waals surface area contributed by atoms with Gasteiger partial charge in [0.05, 0.1) is 11.9 Å². The van der Waals surface area contributed by atoms with Crippen molar-refractivity contribution in [2.45, 2.75) is 26.3 Å². The third kappa shape index (κ3) is 2.64. The van der Waals surface area contributed by atoms with Crippen LogP contribution in [-0.2, 0) is 6.54 Å². The molecule has 0 bridgehead atoms. The van der Waals surface area contributed by atoms with E-state index in [1.54, 1.807) is 10.9 Å². The number of hydrogen-bond donors (Lipinski definition) is 0. The molecule has 0 aromatic carbocycles. The van der Waals surface area contributed by atoms with E-state index in [1.165, 1.54) is 18.3 Å². The van der Waals surface area contributed by atoms with E-state index in [-0.39, 0.29) is 5.56 Å². The van der Waals surface area contributed by atoms with Crippen molar-refractivity contribution in [1.82, 2.24) is 20.0 Å². The van der Waals surface area contributed by atoms with E-state index in [1.807, 2.05) is 6.92 Å². The number of alkyl halides is 2. The Morgan fingerprint density at radius 2 is 2.12 bits per heavy atom. The summed E-state index contributed by atoms with van der Waals surface area (Å²) in [6, 6.07) is 2.88. The van der Waals surface area contributed by atoms with Crippen LogP contribution in [0.25, 0.3) is 11.4 Å². The highest BCUT2D eigenvalue weighted by Crippen LogP contribution is 2.20. The minimum atomic E-state index is -2.49. The SMILES string of the molecule is CCCn1cc(-c2ccc(C(F)F)cn2)nn1. The van der Waals surface area contributed by atoms with Crippen molar-refractivity contribution in [1.29, 1.82) is 0 Å². The van der Waals surface area contributed by atoms with E-state index in [2.05, 4.69) is 15.3 Å². The predicted molar refractivity (Wildman–Crippen MR) is 58.5 cm³/mol. The molecular formula is C11H12F2N4. The van der Waals surface area contributed by atoms with Crippen LogP contribution in [0.15, 0.2) is 24.5 Å². The van der Waals surface area contributed by atoms with Crippen LogP contribution < -0.4 is 0 Å². The molecule has 4 nitrogen and oxygen atoms in total. The zero-order chi connectivity index (χ0) is 12.3. The predicted octanol–water partition coefficient (Wildman–Crippen LogP) is 2.69. The molecule has 0 spiro atoms. The van der Waals surface area contributed by atoms with Crippen LogP contribution in [0.4, 0.5) is 8.78 Å². The molecule has 2 aromatic rings. The van der Waals surface area contributed by atoms with Gasteiger partial charge in [-0.3, -0.25) is 9.67 Å². The van der Waals surface area contributed by atoms with Gasteiger partial charge in [-0.2, -0.15) is 0 Å². The highest BCUT2D eigenvalue weighted by molar-refractivity contribution is 5.52. The lowest BCUT2D eigenvalue weighted by Crippen LogP contribution is -1.96. The molecule has 0 unspecified atom stereocenters. The van der Waals surface area contributed by atoms with E-state index in [0.29, 0.717) is 11.4 Å². The Labute approximate surface area is 97.3 Å². The van der Waals surface area contributed by atoms with Crippen molar-refractivity contribution in [2.24, 2.45) is 0 Å². The molecule has 0 atom stereocenters. The summed E-state index contributed by atoms with van der Waals surface area (Å²) in [7, 11) is 0. The number of pyridine rings is 1. The molecule has 0 N–H and O–H groups in total. The van der Waals surface area contributed by atoms with E-state index in [9.17, 15) is 8.78 Å². The van der Waals surface area contributed by atoms with Crippen molar-refractivity contribution >= 4 is 0 Å². The zero-order valence-corrected chi connectivity index (χ0v) is 9.35. The van der Waals surface area contributed by atoms with Gasteiger partial charge in [-0.1, -0.05) is 12.1 Å². The largest absolute Gasteiger partial charge is 0.265 e. The standard InChI is InChI=1S/C11H12F2N4/c1-2-5-17-7-10(15-16-17)9-4-3-8(6-14-9)11(12)13/h3-4,6-7,11H,2,5H2,1H3. The molecular weight excluding hydrogens is 226 g/mol. The molecule has 17 heavy (non-hydrogen) atoms. The Hall–Kier alpha value is -1.85. The van der Waals surface area contributed by atoms with Crippen LogP contribution in [0.2, 0.25) is 0 Å². The van der Waals surface area contributed by atoms with Crippen LogP contribution in [0.3, 0.4) is 0 Å².